The maximum Gasteiger partial charge on any atom is 0.0541 e. The van der Waals surface area contributed by atoms with Gasteiger partial charge in [-0.3, -0.25) is 0 Å². The summed E-state index contributed by atoms with van der Waals surface area (Å²) in [5.41, 5.74) is 1.22. The van der Waals surface area contributed by atoms with E-state index in [9.17, 15) is 0 Å². The lowest BCUT2D eigenvalue weighted by atomic mass is 10.1. The van der Waals surface area contributed by atoms with Crippen LogP contribution in [0.15, 0.2) is 53.4 Å². The van der Waals surface area contributed by atoms with Gasteiger partial charge in [0.1, 0.15) is 0 Å². The van der Waals surface area contributed by atoms with Gasteiger partial charge in [-0.05, 0) is 42.8 Å². The Morgan fingerprint density at radius 1 is 1.10 bits per heavy atom. The third kappa shape index (κ3) is 5.23. The van der Waals surface area contributed by atoms with E-state index in [2.05, 4.69) is 24.4 Å². The van der Waals surface area contributed by atoms with Crippen LogP contribution < -0.4 is 5.32 Å². The van der Waals surface area contributed by atoms with E-state index in [0.29, 0.717) is 0 Å². The molecule has 0 aliphatic rings. The molecule has 0 saturated carbocycles. The molecule has 4 heteroatoms. The van der Waals surface area contributed by atoms with Gasteiger partial charge in [-0.25, -0.2) is 0 Å². The van der Waals surface area contributed by atoms with Crippen LogP contribution in [0.3, 0.4) is 0 Å². The van der Waals surface area contributed by atoms with Crippen molar-refractivity contribution in [2.75, 3.05) is 12.3 Å². The van der Waals surface area contributed by atoms with E-state index in [4.69, 9.17) is 23.2 Å². The van der Waals surface area contributed by atoms with Crippen LogP contribution in [-0.2, 0) is 0 Å². The third-order valence-corrected chi connectivity index (χ3v) is 4.98. The van der Waals surface area contributed by atoms with Crippen LogP contribution in [0.25, 0.3) is 0 Å². The fraction of sp³-hybridized carbons (Fsp3) is 0.294. The van der Waals surface area contributed by atoms with Gasteiger partial charge in [-0.1, -0.05) is 54.4 Å². The molecule has 1 atom stereocenters. The normalized spacial score (nSPS) is 12.3. The van der Waals surface area contributed by atoms with E-state index in [1.807, 2.05) is 36.4 Å². The van der Waals surface area contributed by atoms with Gasteiger partial charge >= 0.3 is 0 Å². The van der Waals surface area contributed by atoms with Crippen LogP contribution >= 0.6 is 35.0 Å². The molecule has 2 rings (SSSR count). The molecule has 0 heterocycles. The first-order valence-corrected chi connectivity index (χ1v) is 8.81. The number of hydrogen-bond acceptors (Lipinski definition) is 2. The van der Waals surface area contributed by atoms with Crippen LogP contribution in [0.5, 0.6) is 0 Å². The molecule has 0 saturated heterocycles. The Morgan fingerprint density at radius 2 is 1.90 bits per heavy atom. The van der Waals surface area contributed by atoms with Crippen LogP contribution in [-0.4, -0.2) is 12.3 Å². The van der Waals surface area contributed by atoms with Gasteiger partial charge in [0, 0.05) is 21.7 Å². The van der Waals surface area contributed by atoms with Crippen LogP contribution in [0, 0.1) is 0 Å². The molecule has 1 N–H and O–H groups in total. The second kappa shape index (κ2) is 8.70. The summed E-state index contributed by atoms with van der Waals surface area (Å²) in [6, 6.07) is 16.3. The lowest BCUT2D eigenvalue weighted by Gasteiger charge is -2.19. The van der Waals surface area contributed by atoms with E-state index in [1.54, 1.807) is 11.8 Å². The number of benzene rings is 2. The summed E-state index contributed by atoms with van der Waals surface area (Å²) in [6.07, 6.45) is 1.10. The lowest BCUT2D eigenvalue weighted by molar-refractivity contribution is 0.577. The number of nitrogens with one attached hydrogen (secondary N) is 1. The van der Waals surface area contributed by atoms with Gasteiger partial charge in [0.2, 0.25) is 0 Å². The van der Waals surface area contributed by atoms with Crippen molar-refractivity contribution < 1.29 is 0 Å². The molecule has 0 fully saturated rings. The largest absolute Gasteiger partial charge is 0.309 e. The molecule has 1 nitrogen and oxygen atoms in total. The van der Waals surface area contributed by atoms with Gasteiger partial charge in [-0.15, -0.1) is 11.8 Å². The predicted molar refractivity (Wildman–Crippen MR) is 94.7 cm³/mol. The Morgan fingerprint density at radius 3 is 2.62 bits per heavy atom. The number of halogens is 2. The van der Waals surface area contributed by atoms with Gasteiger partial charge in [0.25, 0.3) is 0 Å². The highest BCUT2D eigenvalue weighted by molar-refractivity contribution is 7.99. The zero-order chi connectivity index (χ0) is 15.1. The first-order valence-electron chi connectivity index (χ1n) is 7.07. The molecule has 2 aromatic rings. The zero-order valence-corrected chi connectivity index (χ0v) is 14.3. The fourth-order valence-corrected chi connectivity index (χ4v) is 3.59. The minimum absolute atomic E-state index is 0.268. The summed E-state index contributed by atoms with van der Waals surface area (Å²) >= 11 is 14.1. The van der Waals surface area contributed by atoms with Crippen molar-refractivity contribution in [2.45, 2.75) is 24.3 Å². The van der Waals surface area contributed by atoms with Crippen molar-refractivity contribution in [1.82, 2.24) is 5.32 Å². The molecule has 0 radical (unpaired) electrons. The third-order valence-electron chi connectivity index (χ3n) is 3.13. The van der Waals surface area contributed by atoms with Crippen LogP contribution in [0.4, 0.5) is 0 Å². The quantitative estimate of drug-likeness (QED) is 0.637. The van der Waals surface area contributed by atoms with Crippen molar-refractivity contribution in [2.24, 2.45) is 0 Å². The predicted octanol–water partition coefficient (Wildman–Crippen LogP) is 5.83. The van der Waals surface area contributed by atoms with Gasteiger partial charge in [-0.2, -0.15) is 0 Å². The van der Waals surface area contributed by atoms with E-state index >= 15 is 0 Å². The van der Waals surface area contributed by atoms with Crippen molar-refractivity contribution in [1.29, 1.82) is 0 Å². The molecule has 112 valence electrons. The molecule has 0 amide bonds. The van der Waals surface area contributed by atoms with Gasteiger partial charge in [0.15, 0.2) is 0 Å². The van der Waals surface area contributed by atoms with Crippen molar-refractivity contribution in [3.05, 3.63) is 64.1 Å². The second-order valence-electron chi connectivity index (χ2n) is 4.80. The van der Waals surface area contributed by atoms with Crippen molar-refractivity contribution in [3.63, 3.8) is 0 Å². The summed E-state index contributed by atoms with van der Waals surface area (Å²) in [4.78, 5) is 1.12. The molecular formula is C17H19Cl2NS. The highest BCUT2D eigenvalue weighted by Gasteiger charge is 2.12. The van der Waals surface area contributed by atoms with Crippen molar-refractivity contribution >= 4 is 35.0 Å². The maximum absolute atomic E-state index is 6.22. The second-order valence-corrected chi connectivity index (χ2v) is 6.71. The average Bonchev–Trinajstić information content (AvgIpc) is 2.49. The summed E-state index contributed by atoms with van der Waals surface area (Å²) in [5, 5.41) is 5.16. The topological polar surface area (TPSA) is 12.0 Å². The molecule has 2 aromatic carbocycles. The summed E-state index contributed by atoms with van der Waals surface area (Å²) in [7, 11) is 0. The van der Waals surface area contributed by atoms with Gasteiger partial charge in [0.05, 0.1) is 5.02 Å². The van der Waals surface area contributed by atoms with E-state index in [0.717, 1.165) is 33.7 Å². The molecule has 0 aliphatic heterocycles. The van der Waals surface area contributed by atoms with Crippen LogP contribution in [0.1, 0.15) is 24.9 Å². The average molecular weight is 340 g/mol. The molecule has 1 unspecified atom stereocenters. The molecule has 0 bridgehead atoms. The minimum atomic E-state index is 0.268. The monoisotopic (exact) mass is 339 g/mol. The van der Waals surface area contributed by atoms with Gasteiger partial charge < -0.3 is 5.32 Å². The lowest BCUT2D eigenvalue weighted by Crippen LogP contribution is -2.24. The standard InChI is InChI=1S/C17H19Cl2NS/c1-2-10-20-16(13-6-5-7-14(18)11-13)12-21-17-9-4-3-8-15(17)19/h3-9,11,16,20H,2,10,12H2,1H3. The Kier molecular flexibility index (Phi) is 6.91. The number of rotatable bonds is 7. The number of thioether (sulfide) groups is 1. The first kappa shape index (κ1) is 16.7. The molecule has 0 spiro atoms. The molecule has 0 aliphatic carbocycles. The van der Waals surface area contributed by atoms with E-state index < -0.39 is 0 Å². The van der Waals surface area contributed by atoms with E-state index in [-0.39, 0.29) is 6.04 Å². The molecule has 21 heavy (non-hydrogen) atoms. The summed E-state index contributed by atoms with van der Waals surface area (Å²) in [6.45, 7) is 3.16. The number of hydrogen-bond donors (Lipinski definition) is 1. The Labute approximate surface area is 141 Å². The summed E-state index contributed by atoms with van der Waals surface area (Å²) in [5.74, 6) is 0.921. The van der Waals surface area contributed by atoms with Crippen LogP contribution in [0.2, 0.25) is 10.0 Å². The molecule has 0 aromatic heterocycles. The maximum atomic E-state index is 6.22. The fourth-order valence-electron chi connectivity index (χ4n) is 2.05. The Balaban J connectivity index is 2.08. The summed E-state index contributed by atoms with van der Waals surface area (Å²) < 4.78 is 0. The molecular weight excluding hydrogens is 321 g/mol. The smallest absolute Gasteiger partial charge is 0.0541 e. The van der Waals surface area contributed by atoms with Crippen molar-refractivity contribution in [3.8, 4) is 0 Å². The highest BCUT2D eigenvalue weighted by atomic mass is 35.5. The Bertz CT molecular complexity index is 574. The SMILES string of the molecule is CCCNC(CSc1ccccc1Cl)c1cccc(Cl)c1. The van der Waals surface area contributed by atoms with E-state index in [1.165, 1.54) is 5.56 Å². The Hall–Kier alpha value is -0.670. The highest BCUT2D eigenvalue weighted by Crippen LogP contribution is 2.30. The first-order chi connectivity index (χ1) is 10.2. The zero-order valence-electron chi connectivity index (χ0n) is 12.0. The minimum Gasteiger partial charge on any atom is -0.309 e.